The van der Waals surface area contributed by atoms with Gasteiger partial charge in [0.2, 0.25) is 5.91 Å². The largest absolute Gasteiger partial charge is 0.375 e. The van der Waals surface area contributed by atoms with E-state index in [2.05, 4.69) is 24.1 Å². The average molecular weight is 228 g/mol. The molecule has 1 amide bonds. The number of ether oxygens (including phenoxy) is 1. The maximum Gasteiger partial charge on any atom is 0.245 e. The zero-order chi connectivity index (χ0) is 12.0. The summed E-state index contributed by atoms with van der Waals surface area (Å²) in [6, 6.07) is 0.643. The van der Waals surface area contributed by atoms with Crippen molar-refractivity contribution in [3.8, 4) is 0 Å². The summed E-state index contributed by atoms with van der Waals surface area (Å²) in [7, 11) is 1.54. The molecule has 0 aromatic carbocycles. The summed E-state index contributed by atoms with van der Waals surface area (Å²) in [4.78, 5) is 13.7. The minimum atomic E-state index is -0.00575. The van der Waals surface area contributed by atoms with Crippen molar-refractivity contribution >= 4 is 5.91 Å². The number of rotatable bonds is 5. The summed E-state index contributed by atoms with van der Waals surface area (Å²) < 4.78 is 4.77. The van der Waals surface area contributed by atoms with Gasteiger partial charge in [0.05, 0.1) is 0 Å². The highest BCUT2D eigenvalue weighted by atomic mass is 16.5. The lowest BCUT2D eigenvalue weighted by molar-refractivity contribution is -0.125. The van der Waals surface area contributed by atoms with E-state index in [1.54, 1.807) is 7.11 Å². The van der Waals surface area contributed by atoms with Gasteiger partial charge in [-0.25, -0.2) is 0 Å². The van der Waals surface area contributed by atoms with E-state index >= 15 is 0 Å². The van der Waals surface area contributed by atoms with Crippen LogP contribution in [0.5, 0.6) is 0 Å². The van der Waals surface area contributed by atoms with Gasteiger partial charge in [-0.3, -0.25) is 4.79 Å². The molecule has 0 atom stereocenters. The van der Waals surface area contributed by atoms with Gasteiger partial charge < -0.3 is 15.0 Å². The molecule has 0 bridgehead atoms. The molecule has 1 rings (SSSR count). The molecule has 4 heteroatoms. The van der Waals surface area contributed by atoms with Gasteiger partial charge in [-0.15, -0.1) is 0 Å². The van der Waals surface area contributed by atoms with Crippen molar-refractivity contribution < 1.29 is 9.53 Å². The van der Waals surface area contributed by atoms with E-state index in [1.807, 2.05) is 0 Å². The lowest BCUT2D eigenvalue weighted by Crippen LogP contribution is -2.42. The third kappa shape index (κ3) is 4.49. The number of nitrogens with one attached hydrogen (secondary N) is 1. The molecule has 1 aliphatic rings. The minimum absolute atomic E-state index is 0.00575. The van der Waals surface area contributed by atoms with Gasteiger partial charge in [0.1, 0.15) is 6.61 Å². The Morgan fingerprint density at radius 2 is 2.06 bits per heavy atom. The van der Waals surface area contributed by atoms with Crippen LogP contribution in [0.1, 0.15) is 26.7 Å². The van der Waals surface area contributed by atoms with Gasteiger partial charge >= 0.3 is 0 Å². The monoisotopic (exact) mass is 228 g/mol. The summed E-state index contributed by atoms with van der Waals surface area (Å²) >= 11 is 0. The molecule has 0 unspecified atom stereocenters. The van der Waals surface area contributed by atoms with Gasteiger partial charge in [-0.1, -0.05) is 0 Å². The van der Waals surface area contributed by atoms with Crippen LogP contribution < -0.4 is 5.32 Å². The molecule has 1 heterocycles. The summed E-state index contributed by atoms with van der Waals surface area (Å²) in [5.41, 5.74) is 0. The van der Waals surface area contributed by atoms with Gasteiger partial charge in [-0.2, -0.15) is 0 Å². The average Bonchev–Trinajstić information content (AvgIpc) is 2.27. The Kier molecular flexibility index (Phi) is 5.77. The topological polar surface area (TPSA) is 41.6 Å². The first-order chi connectivity index (χ1) is 7.63. The second-order valence-corrected chi connectivity index (χ2v) is 4.81. The maximum absolute atomic E-state index is 11.2. The van der Waals surface area contributed by atoms with Crippen LogP contribution in [0.15, 0.2) is 0 Å². The maximum atomic E-state index is 11.2. The minimum Gasteiger partial charge on any atom is -0.375 e. The van der Waals surface area contributed by atoms with E-state index in [-0.39, 0.29) is 12.5 Å². The first kappa shape index (κ1) is 13.5. The standard InChI is InChI=1S/C12H24N2O2/c1-10(2)14-6-4-11(5-7-14)8-13-12(15)9-16-3/h10-11H,4-9H2,1-3H3,(H,13,15). The molecule has 0 spiro atoms. The highest BCUT2D eigenvalue weighted by molar-refractivity contribution is 5.77. The number of amides is 1. The molecule has 1 saturated heterocycles. The Balaban J connectivity index is 2.15. The highest BCUT2D eigenvalue weighted by Crippen LogP contribution is 2.17. The highest BCUT2D eigenvalue weighted by Gasteiger charge is 2.20. The molecule has 0 aromatic rings. The second-order valence-electron chi connectivity index (χ2n) is 4.81. The molecule has 1 aliphatic heterocycles. The first-order valence-corrected chi connectivity index (χ1v) is 6.13. The second kappa shape index (κ2) is 6.86. The van der Waals surface area contributed by atoms with Gasteiger partial charge in [-0.05, 0) is 45.7 Å². The van der Waals surface area contributed by atoms with E-state index < -0.39 is 0 Å². The van der Waals surface area contributed by atoms with Crippen molar-refractivity contribution in [2.24, 2.45) is 5.92 Å². The normalized spacial score (nSPS) is 19.0. The van der Waals surface area contributed by atoms with Crippen molar-refractivity contribution in [1.29, 1.82) is 0 Å². The summed E-state index contributed by atoms with van der Waals surface area (Å²) in [5, 5.41) is 2.91. The lowest BCUT2D eigenvalue weighted by Gasteiger charge is -2.34. The van der Waals surface area contributed by atoms with Crippen LogP contribution in [0, 0.1) is 5.92 Å². The number of piperidine rings is 1. The number of methoxy groups -OCH3 is 1. The van der Waals surface area contributed by atoms with Crippen LogP contribution in [0.25, 0.3) is 0 Å². The summed E-state index contributed by atoms with van der Waals surface area (Å²) in [5.74, 6) is 0.629. The Hall–Kier alpha value is -0.610. The third-order valence-electron chi connectivity index (χ3n) is 3.24. The van der Waals surface area contributed by atoms with Crippen LogP contribution in [0.3, 0.4) is 0 Å². The predicted octanol–water partition coefficient (Wildman–Crippen LogP) is 0.869. The van der Waals surface area contributed by atoms with Crippen molar-refractivity contribution in [1.82, 2.24) is 10.2 Å². The Labute approximate surface area is 98.3 Å². The molecule has 0 saturated carbocycles. The zero-order valence-electron chi connectivity index (χ0n) is 10.7. The predicted molar refractivity (Wildman–Crippen MR) is 64.3 cm³/mol. The quantitative estimate of drug-likeness (QED) is 0.759. The summed E-state index contributed by atoms with van der Waals surface area (Å²) in [6.07, 6.45) is 2.37. The lowest BCUT2D eigenvalue weighted by atomic mass is 9.96. The van der Waals surface area contributed by atoms with Crippen molar-refractivity contribution in [3.63, 3.8) is 0 Å². The van der Waals surface area contributed by atoms with Crippen molar-refractivity contribution in [2.45, 2.75) is 32.7 Å². The van der Waals surface area contributed by atoms with Crippen LogP contribution in [-0.4, -0.2) is 50.2 Å². The van der Waals surface area contributed by atoms with E-state index in [1.165, 1.54) is 12.8 Å². The molecule has 94 valence electrons. The molecule has 0 aromatic heterocycles. The van der Waals surface area contributed by atoms with Crippen molar-refractivity contribution in [2.75, 3.05) is 33.4 Å². The Morgan fingerprint density at radius 3 is 2.56 bits per heavy atom. The molecule has 16 heavy (non-hydrogen) atoms. The number of hydrogen-bond donors (Lipinski definition) is 1. The first-order valence-electron chi connectivity index (χ1n) is 6.13. The molecule has 1 N–H and O–H groups in total. The molecule has 0 aliphatic carbocycles. The van der Waals surface area contributed by atoms with Crippen LogP contribution in [-0.2, 0) is 9.53 Å². The van der Waals surface area contributed by atoms with Gasteiger partial charge in [0.25, 0.3) is 0 Å². The van der Waals surface area contributed by atoms with Crippen LogP contribution in [0.2, 0.25) is 0 Å². The zero-order valence-corrected chi connectivity index (χ0v) is 10.7. The van der Waals surface area contributed by atoms with Crippen LogP contribution >= 0.6 is 0 Å². The fraction of sp³-hybridized carbons (Fsp3) is 0.917. The van der Waals surface area contributed by atoms with Crippen LogP contribution in [0.4, 0.5) is 0 Å². The molecule has 0 radical (unpaired) electrons. The Bertz CT molecular complexity index is 211. The Morgan fingerprint density at radius 1 is 1.44 bits per heavy atom. The molecule has 4 nitrogen and oxygen atoms in total. The van der Waals surface area contributed by atoms with E-state index in [4.69, 9.17) is 4.74 Å². The third-order valence-corrected chi connectivity index (χ3v) is 3.24. The fourth-order valence-electron chi connectivity index (χ4n) is 2.11. The number of carbonyl (C=O) groups excluding carboxylic acids is 1. The van der Waals surface area contributed by atoms with E-state index in [0.29, 0.717) is 12.0 Å². The smallest absolute Gasteiger partial charge is 0.245 e. The fourth-order valence-corrected chi connectivity index (χ4v) is 2.11. The number of carbonyl (C=O) groups is 1. The van der Waals surface area contributed by atoms with E-state index in [0.717, 1.165) is 19.6 Å². The molecular formula is C12H24N2O2. The number of likely N-dealkylation sites (tertiary alicyclic amines) is 1. The molecule has 1 fully saturated rings. The summed E-state index contributed by atoms with van der Waals surface area (Å²) in [6.45, 7) is 7.76. The molecular weight excluding hydrogens is 204 g/mol. The van der Waals surface area contributed by atoms with Gasteiger partial charge in [0.15, 0.2) is 0 Å². The van der Waals surface area contributed by atoms with Gasteiger partial charge in [0, 0.05) is 19.7 Å². The number of hydrogen-bond acceptors (Lipinski definition) is 3. The van der Waals surface area contributed by atoms with Crippen molar-refractivity contribution in [3.05, 3.63) is 0 Å². The SMILES string of the molecule is COCC(=O)NCC1CCN(C(C)C)CC1. The number of nitrogens with zero attached hydrogens (tertiary/aromatic N) is 1. The van der Waals surface area contributed by atoms with E-state index in [9.17, 15) is 4.79 Å².